The van der Waals surface area contributed by atoms with E-state index in [0.717, 1.165) is 29.4 Å². The van der Waals surface area contributed by atoms with Crippen LogP contribution >= 0.6 is 11.3 Å². The summed E-state index contributed by atoms with van der Waals surface area (Å²) in [6.45, 7) is 6.62. The van der Waals surface area contributed by atoms with E-state index in [0.29, 0.717) is 0 Å². The highest BCUT2D eigenvalue weighted by Gasteiger charge is 2.24. The molecule has 0 aromatic carbocycles. The Hall–Kier alpha value is -0.770. The lowest BCUT2D eigenvalue weighted by Gasteiger charge is -2.31. The maximum Gasteiger partial charge on any atom is 0.185 e. The van der Waals surface area contributed by atoms with Gasteiger partial charge in [0.15, 0.2) is 5.13 Å². The average Bonchev–Trinajstić information content (AvgIpc) is 2.61. The van der Waals surface area contributed by atoms with E-state index >= 15 is 0 Å². The van der Waals surface area contributed by atoms with Crippen LogP contribution in [0.2, 0.25) is 0 Å². The first-order valence-corrected chi connectivity index (χ1v) is 5.97. The Morgan fingerprint density at radius 1 is 1.36 bits per heavy atom. The second-order valence-corrected chi connectivity index (χ2v) is 4.60. The van der Waals surface area contributed by atoms with Crippen LogP contribution in [0.25, 0.3) is 0 Å². The van der Waals surface area contributed by atoms with Crippen LogP contribution in [-0.4, -0.2) is 10.5 Å². The van der Waals surface area contributed by atoms with Crippen LogP contribution in [0, 0.1) is 0 Å². The van der Waals surface area contributed by atoms with Gasteiger partial charge in [-0.2, -0.15) is 0 Å². The summed E-state index contributed by atoms with van der Waals surface area (Å²) in [5.74, 6) is 0. The number of anilines is 2. The molecule has 0 saturated carbocycles. The van der Waals surface area contributed by atoms with Crippen LogP contribution in [0.1, 0.15) is 40.0 Å². The zero-order chi connectivity index (χ0) is 10.6. The van der Waals surface area contributed by atoms with Gasteiger partial charge in [-0.1, -0.05) is 32.1 Å². The predicted octanol–water partition coefficient (Wildman–Crippen LogP) is 3.11. The van der Waals surface area contributed by atoms with Crippen LogP contribution < -0.4 is 11.1 Å². The molecule has 0 aliphatic heterocycles. The molecule has 0 radical (unpaired) electrons. The number of hydrogen-bond acceptors (Lipinski definition) is 4. The minimum Gasteiger partial charge on any atom is -0.389 e. The van der Waals surface area contributed by atoms with Gasteiger partial charge in [0.2, 0.25) is 0 Å². The molecular weight excluding hydrogens is 194 g/mol. The highest BCUT2D eigenvalue weighted by molar-refractivity contribution is 7.19. The number of aromatic nitrogens is 1. The Morgan fingerprint density at radius 3 is 2.29 bits per heavy atom. The summed E-state index contributed by atoms with van der Waals surface area (Å²) in [5, 5.41) is 5.20. The number of rotatable bonds is 5. The van der Waals surface area contributed by atoms with Crippen LogP contribution in [0.4, 0.5) is 10.1 Å². The molecule has 0 fully saturated rings. The number of nitrogens with two attached hydrogens (primary N) is 1. The van der Waals surface area contributed by atoms with Crippen molar-refractivity contribution >= 4 is 21.5 Å². The van der Waals surface area contributed by atoms with Gasteiger partial charge in [0.25, 0.3) is 0 Å². The summed E-state index contributed by atoms with van der Waals surface area (Å²) in [4.78, 5) is 4.23. The van der Waals surface area contributed by atoms with Crippen molar-refractivity contribution in [3.8, 4) is 0 Å². The largest absolute Gasteiger partial charge is 0.389 e. The monoisotopic (exact) mass is 213 g/mol. The van der Waals surface area contributed by atoms with Crippen molar-refractivity contribution < 1.29 is 0 Å². The molecule has 0 bridgehead atoms. The smallest absolute Gasteiger partial charge is 0.185 e. The van der Waals surface area contributed by atoms with Crippen molar-refractivity contribution in [3.05, 3.63) is 6.20 Å². The molecule has 3 nitrogen and oxygen atoms in total. The van der Waals surface area contributed by atoms with Crippen molar-refractivity contribution in [2.45, 2.75) is 45.6 Å². The Bertz CT molecular complexity index is 270. The summed E-state index contributed by atoms with van der Waals surface area (Å²) in [7, 11) is 0. The Morgan fingerprint density at radius 2 is 1.93 bits per heavy atom. The molecule has 1 heterocycles. The first-order valence-electron chi connectivity index (χ1n) is 5.15. The maximum atomic E-state index is 5.64. The number of hydrogen-bond donors (Lipinski definition) is 2. The third-order valence-corrected chi connectivity index (χ3v) is 3.67. The van der Waals surface area contributed by atoms with E-state index in [1.54, 1.807) is 6.20 Å². The molecule has 0 aliphatic carbocycles. The van der Waals surface area contributed by atoms with Gasteiger partial charge < -0.3 is 11.1 Å². The van der Waals surface area contributed by atoms with Gasteiger partial charge in [0.1, 0.15) is 5.00 Å². The van der Waals surface area contributed by atoms with E-state index in [-0.39, 0.29) is 5.54 Å². The van der Waals surface area contributed by atoms with Gasteiger partial charge in [0, 0.05) is 5.54 Å². The summed E-state index contributed by atoms with van der Waals surface area (Å²) in [6, 6.07) is 0. The first-order chi connectivity index (χ1) is 6.65. The first kappa shape index (κ1) is 11.3. The molecule has 0 unspecified atom stereocenters. The fourth-order valence-electron chi connectivity index (χ4n) is 1.59. The molecule has 3 N–H and O–H groups in total. The van der Waals surface area contributed by atoms with E-state index in [4.69, 9.17) is 5.73 Å². The number of thiazole rings is 1. The summed E-state index contributed by atoms with van der Waals surface area (Å²) in [5.41, 5.74) is 5.82. The third kappa shape index (κ3) is 2.38. The molecule has 14 heavy (non-hydrogen) atoms. The molecule has 0 amide bonds. The van der Waals surface area contributed by atoms with Gasteiger partial charge in [-0.05, 0) is 19.3 Å². The normalized spacial score (nSPS) is 11.6. The second kappa shape index (κ2) is 4.64. The molecule has 0 atom stereocenters. The van der Waals surface area contributed by atoms with Crippen LogP contribution in [0.15, 0.2) is 6.20 Å². The highest BCUT2D eigenvalue weighted by atomic mass is 32.1. The van der Waals surface area contributed by atoms with E-state index in [9.17, 15) is 0 Å². The lowest BCUT2D eigenvalue weighted by atomic mass is 9.90. The van der Waals surface area contributed by atoms with E-state index < -0.39 is 0 Å². The topological polar surface area (TPSA) is 50.9 Å². The molecular formula is C10H19N3S. The van der Waals surface area contributed by atoms with Crippen molar-refractivity contribution in [2.24, 2.45) is 0 Å². The quantitative estimate of drug-likeness (QED) is 0.790. The van der Waals surface area contributed by atoms with E-state index in [2.05, 4.69) is 31.1 Å². The molecule has 0 aliphatic rings. The Balaban J connectivity index is 2.73. The fraction of sp³-hybridized carbons (Fsp3) is 0.700. The SMILES string of the molecule is CCC(CC)(CC)Nc1ncc(N)s1. The maximum absolute atomic E-state index is 5.64. The molecule has 80 valence electrons. The van der Waals surface area contributed by atoms with E-state index in [1.807, 2.05) is 0 Å². The Labute approximate surface area is 89.7 Å². The van der Waals surface area contributed by atoms with Crippen molar-refractivity contribution in [3.63, 3.8) is 0 Å². The molecule has 1 aromatic heterocycles. The van der Waals surface area contributed by atoms with Crippen molar-refractivity contribution in [2.75, 3.05) is 11.1 Å². The minimum absolute atomic E-state index is 0.185. The molecule has 4 heteroatoms. The number of nitrogens with zero attached hydrogens (tertiary/aromatic N) is 1. The minimum atomic E-state index is 0.185. The highest BCUT2D eigenvalue weighted by Crippen LogP contribution is 2.28. The zero-order valence-corrected chi connectivity index (χ0v) is 9.95. The number of nitrogens with one attached hydrogen (secondary N) is 1. The van der Waals surface area contributed by atoms with Crippen molar-refractivity contribution in [1.82, 2.24) is 4.98 Å². The molecule has 0 saturated heterocycles. The van der Waals surface area contributed by atoms with Gasteiger partial charge in [-0.3, -0.25) is 0 Å². The van der Waals surface area contributed by atoms with Crippen LogP contribution in [0.3, 0.4) is 0 Å². The zero-order valence-electron chi connectivity index (χ0n) is 9.13. The van der Waals surface area contributed by atoms with E-state index in [1.165, 1.54) is 11.3 Å². The molecule has 1 aromatic rings. The van der Waals surface area contributed by atoms with Gasteiger partial charge in [-0.25, -0.2) is 4.98 Å². The molecule has 0 spiro atoms. The van der Waals surface area contributed by atoms with Gasteiger partial charge in [-0.15, -0.1) is 0 Å². The lowest BCUT2D eigenvalue weighted by Crippen LogP contribution is -2.35. The fourth-order valence-corrected chi connectivity index (χ4v) is 2.29. The van der Waals surface area contributed by atoms with Crippen molar-refractivity contribution in [1.29, 1.82) is 0 Å². The lowest BCUT2D eigenvalue weighted by molar-refractivity contribution is 0.420. The standard InChI is InChI=1S/C10H19N3S/c1-4-10(5-2,6-3)13-9-12-7-8(11)14-9/h7H,4-6,11H2,1-3H3,(H,12,13). The Kier molecular flexibility index (Phi) is 3.75. The summed E-state index contributed by atoms with van der Waals surface area (Å²) < 4.78 is 0. The molecule has 1 rings (SSSR count). The third-order valence-electron chi connectivity index (χ3n) is 2.93. The second-order valence-electron chi connectivity index (χ2n) is 3.53. The van der Waals surface area contributed by atoms with Gasteiger partial charge in [0.05, 0.1) is 6.20 Å². The summed E-state index contributed by atoms with van der Waals surface area (Å²) >= 11 is 1.52. The van der Waals surface area contributed by atoms with Crippen LogP contribution in [0.5, 0.6) is 0 Å². The van der Waals surface area contributed by atoms with Crippen LogP contribution in [-0.2, 0) is 0 Å². The average molecular weight is 213 g/mol. The van der Waals surface area contributed by atoms with Gasteiger partial charge >= 0.3 is 0 Å². The number of nitrogen functional groups attached to an aromatic ring is 1. The summed E-state index contributed by atoms with van der Waals surface area (Å²) in [6.07, 6.45) is 5.04. The predicted molar refractivity (Wildman–Crippen MR) is 63.8 cm³/mol.